The van der Waals surface area contributed by atoms with Gasteiger partial charge in [0, 0.05) is 58.1 Å². The van der Waals surface area contributed by atoms with Gasteiger partial charge in [0.25, 0.3) is 0 Å². The molecule has 1 fully saturated rings. The summed E-state index contributed by atoms with van der Waals surface area (Å²) < 4.78 is 26.1. The number of anilines is 1. The summed E-state index contributed by atoms with van der Waals surface area (Å²) in [6.07, 6.45) is 6.81. The molecule has 4 heterocycles. The first-order valence-electron chi connectivity index (χ1n) is 14.5. The zero-order valence-corrected chi connectivity index (χ0v) is 25.4. The van der Waals surface area contributed by atoms with Crippen LogP contribution in [0.1, 0.15) is 12.0 Å². The van der Waals surface area contributed by atoms with E-state index in [2.05, 4.69) is 21.4 Å². The zero-order valence-electron chi connectivity index (χ0n) is 24.5. The van der Waals surface area contributed by atoms with E-state index in [1.54, 1.807) is 26.6 Å². The number of rotatable bonds is 9. The molecule has 44 heavy (non-hydrogen) atoms. The van der Waals surface area contributed by atoms with E-state index in [1.807, 2.05) is 85.1 Å². The van der Waals surface area contributed by atoms with E-state index in [-0.39, 0.29) is 0 Å². The van der Waals surface area contributed by atoms with E-state index in [1.165, 1.54) is 0 Å². The Morgan fingerprint density at radius 3 is 2.14 bits per heavy atom. The van der Waals surface area contributed by atoms with Crippen LogP contribution in [0.3, 0.4) is 0 Å². The molecule has 3 N–H and O–H groups in total. The lowest BCUT2D eigenvalue weighted by Gasteiger charge is -2.27. The molecule has 0 aliphatic carbocycles. The van der Waals surface area contributed by atoms with Crippen molar-refractivity contribution in [1.82, 2.24) is 20.3 Å². The fourth-order valence-electron chi connectivity index (χ4n) is 6.10. The van der Waals surface area contributed by atoms with Crippen molar-refractivity contribution in [3.8, 4) is 22.8 Å². The summed E-state index contributed by atoms with van der Waals surface area (Å²) in [5.41, 5.74) is 9.84. The summed E-state index contributed by atoms with van der Waals surface area (Å²) >= 11 is 0. The van der Waals surface area contributed by atoms with Gasteiger partial charge in [-0.25, -0.2) is 4.98 Å². The molecule has 220 valence electrons. The van der Waals surface area contributed by atoms with Crippen LogP contribution in [0.15, 0.2) is 104 Å². The average molecular weight is 602 g/mol. The van der Waals surface area contributed by atoms with Gasteiger partial charge in [0.1, 0.15) is 5.82 Å². The lowest BCUT2D eigenvalue weighted by molar-refractivity contribution is 0.356. The Morgan fingerprint density at radius 2 is 1.50 bits per heavy atom. The van der Waals surface area contributed by atoms with Gasteiger partial charge in [0.2, 0.25) is 0 Å². The molecule has 0 saturated carbocycles. The Hall–Kier alpha value is -4.78. The largest absolute Gasteiger partial charge is 0.493 e. The number of fused-ring (bicyclic) bond motifs is 3. The van der Waals surface area contributed by atoms with Crippen LogP contribution >= 0.6 is 7.14 Å². The number of nitrogens with two attached hydrogens (primary N) is 1. The Labute approximate surface area is 255 Å². The number of methoxy groups -OCH3 is 2. The van der Waals surface area contributed by atoms with E-state index in [4.69, 9.17) is 20.2 Å². The van der Waals surface area contributed by atoms with Crippen LogP contribution in [0.25, 0.3) is 32.9 Å². The number of ether oxygens (including phenoxy) is 2. The number of nitrogens with zero attached hydrogens (tertiary/aromatic N) is 3. The maximum atomic E-state index is 15.0. The molecular weight excluding hydrogens is 569 g/mol. The van der Waals surface area contributed by atoms with Crippen molar-refractivity contribution in [1.29, 1.82) is 0 Å². The van der Waals surface area contributed by atoms with Gasteiger partial charge in [-0.3, -0.25) is 9.97 Å². The highest BCUT2D eigenvalue weighted by Gasteiger charge is 2.57. The van der Waals surface area contributed by atoms with Crippen LogP contribution in [0, 0.1) is 0 Å². The molecule has 8 nitrogen and oxygen atoms in total. The van der Waals surface area contributed by atoms with Crippen LogP contribution in [0.4, 0.5) is 5.82 Å². The smallest absolute Gasteiger partial charge is 0.163 e. The van der Waals surface area contributed by atoms with Gasteiger partial charge in [-0.05, 0) is 42.0 Å². The molecule has 1 atom stereocenters. The topological polar surface area (TPSA) is 122 Å². The molecular formula is C35H32N5O3P. The van der Waals surface area contributed by atoms with Crippen LogP contribution < -0.4 is 31.1 Å². The number of nitrogen functional groups attached to an aromatic ring is 1. The van der Waals surface area contributed by atoms with Gasteiger partial charge < -0.3 is 25.1 Å². The first-order chi connectivity index (χ1) is 21.5. The molecule has 7 rings (SSSR count). The summed E-state index contributed by atoms with van der Waals surface area (Å²) in [6, 6.07) is 27.6. The molecule has 1 aliphatic rings. The fourth-order valence-corrected chi connectivity index (χ4v) is 9.52. The number of hydrogen-bond donors (Lipinski definition) is 2. The monoisotopic (exact) mass is 601 g/mol. The second-order valence-electron chi connectivity index (χ2n) is 11.1. The highest BCUT2D eigenvalue weighted by atomic mass is 31.2. The van der Waals surface area contributed by atoms with E-state index in [0.717, 1.165) is 43.4 Å². The van der Waals surface area contributed by atoms with Crippen molar-refractivity contribution < 1.29 is 14.0 Å². The number of aryl methyl sites for hydroxylation is 1. The first kappa shape index (κ1) is 28.0. The van der Waals surface area contributed by atoms with Crippen LogP contribution in [0.2, 0.25) is 0 Å². The molecule has 0 unspecified atom stereocenters. The fraction of sp³-hybridized carbons (Fsp3) is 0.171. The number of pyridine rings is 3. The van der Waals surface area contributed by atoms with Gasteiger partial charge in [-0.2, -0.15) is 0 Å². The predicted molar refractivity (Wildman–Crippen MR) is 177 cm³/mol. The molecule has 1 saturated heterocycles. The van der Waals surface area contributed by atoms with Crippen molar-refractivity contribution in [3.05, 3.63) is 109 Å². The van der Waals surface area contributed by atoms with Crippen molar-refractivity contribution in [2.75, 3.05) is 26.5 Å². The number of hydrogen-bond acceptors (Lipinski definition) is 8. The molecule has 0 spiro atoms. The maximum Gasteiger partial charge on any atom is 0.163 e. The number of benzene rings is 3. The minimum atomic E-state index is -2.98. The van der Waals surface area contributed by atoms with Crippen LogP contribution in [-0.2, 0) is 11.0 Å². The minimum Gasteiger partial charge on any atom is -0.493 e. The molecule has 3 aromatic heterocycles. The highest BCUT2D eigenvalue weighted by molar-refractivity contribution is 7.80. The Morgan fingerprint density at radius 1 is 0.841 bits per heavy atom. The summed E-state index contributed by atoms with van der Waals surface area (Å²) in [4.78, 5) is 13.9. The van der Waals surface area contributed by atoms with Crippen molar-refractivity contribution in [2.24, 2.45) is 0 Å². The quantitative estimate of drug-likeness (QED) is 0.123. The second-order valence-corrected chi connectivity index (χ2v) is 14.2. The van der Waals surface area contributed by atoms with Gasteiger partial charge in [0.05, 0.1) is 30.7 Å². The van der Waals surface area contributed by atoms with Crippen molar-refractivity contribution in [2.45, 2.75) is 18.1 Å². The van der Waals surface area contributed by atoms with Crippen LogP contribution in [0.5, 0.6) is 11.5 Å². The number of aromatic nitrogens is 3. The zero-order chi connectivity index (χ0) is 30.3. The maximum absolute atomic E-state index is 15.0. The lowest BCUT2D eigenvalue weighted by atomic mass is 10.0. The predicted octanol–water partition coefficient (Wildman–Crippen LogP) is 5.69. The Balaban J connectivity index is 1.23. The molecule has 0 bridgehead atoms. The molecule has 0 radical (unpaired) electrons. The van der Waals surface area contributed by atoms with Gasteiger partial charge in [-0.1, -0.05) is 60.7 Å². The Kier molecular flexibility index (Phi) is 7.04. The summed E-state index contributed by atoms with van der Waals surface area (Å²) in [5, 5.41) is 7.32. The van der Waals surface area contributed by atoms with E-state index < -0.39 is 12.4 Å². The normalized spacial score (nSPS) is 16.2. The standard InChI is InChI=1S/C35H32N5O3P/c1-42-32-17-28-27-16-30(40-34(36)29(27)21-38-31(28)18-33(32)43-2)24-15-23(19-37-20-24)13-14-35(22-39-35)44(41,25-9-5-3-6-10-25)26-11-7-4-8-12-26/h3-12,15-21,39H,13-14,22H2,1-2H3,(H2,36,40)/t35-/m1/s1. The molecule has 1 aliphatic heterocycles. The van der Waals surface area contributed by atoms with Crippen molar-refractivity contribution >= 4 is 45.2 Å². The lowest BCUT2D eigenvalue weighted by Crippen LogP contribution is -2.31. The average Bonchev–Trinajstić information content (AvgIpc) is 3.88. The van der Waals surface area contributed by atoms with Crippen molar-refractivity contribution in [3.63, 3.8) is 0 Å². The highest BCUT2D eigenvalue weighted by Crippen LogP contribution is 2.61. The molecule has 6 aromatic rings. The second kappa shape index (κ2) is 11.1. The van der Waals surface area contributed by atoms with Gasteiger partial charge in [-0.15, -0.1) is 0 Å². The summed E-state index contributed by atoms with van der Waals surface area (Å²) in [6.45, 7) is 0.694. The first-order valence-corrected chi connectivity index (χ1v) is 16.2. The third-order valence-electron chi connectivity index (χ3n) is 8.56. The van der Waals surface area contributed by atoms with Gasteiger partial charge >= 0.3 is 0 Å². The SMILES string of the molecule is COc1cc2ncc3c(N)nc(-c4cncc(CC[C@@]5(P(=O)(c6ccccc6)c6ccccc6)CN5)c4)cc3c2cc1OC. The van der Waals surface area contributed by atoms with Gasteiger partial charge in [0.15, 0.2) is 18.6 Å². The molecule has 0 amide bonds. The third-order valence-corrected chi connectivity index (χ3v) is 12.4. The van der Waals surface area contributed by atoms with E-state index in [9.17, 15) is 0 Å². The number of nitrogens with one attached hydrogen (secondary N) is 1. The third kappa shape index (κ3) is 4.67. The van der Waals surface area contributed by atoms with Crippen LogP contribution in [-0.4, -0.2) is 41.0 Å². The summed E-state index contributed by atoms with van der Waals surface area (Å²) in [7, 11) is 0.238. The van der Waals surface area contributed by atoms with E-state index in [0.29, 0.717) is 42.4 Å². The summed E-state index contributed by atoms with van der Waals surface area (Å²) in [5.74, 6) is 1.61. The minimum absolute atomic E-state index is 0.389. The molecule has 3 aromatic carbocycles. The van der Waals surface area contributed by atoms with E-state index >= 15 is 4.57 Å². The Bertz CT molecular complexity index is 2010. The molecule has 9 heteroatoms.